The summed E-state index contributed by atoms with van der Waals surface area (Å²) in [4.78, 5) is 1.74. The molecule has 1 aliphatic carbocycles. The summed E-state index contributed by atoms with van der Waals surface area (Å²) >= 11 is 0. The Hall–Kier alpha value is -0.290. The first-order valence-corrected chi connectivity index (χ1v) is 7.50. The van der Waals surface area contributed by atoms with E-state index < -0.39 is 12.7 Å². The van der Waals surface area contributed by atoms with Crippen LogP contribution in [0.15, 0.2) is 0 Å². The first-order chi connectivity index (χ1) is 8.95. The molecule has 19 heavy (non-hydrogen) atoms. The zero-order valence-electron chi connectivity index (χ0n) is 11.7. The highest BCUT2D eigenvalue weighted by Gasteiger charge is 2.46. The van der Waals surface area contributed by atoms with Crippen molar-refractivity contribution in [2.24, 2.45) is 0 Å². The van der Waals surface area contributed by atoms with Crippen molar-refractivity contribution in [1.82, 2.24) is 10.2 Å². The van der Waals surface area contributed by atoms with Crippen molar-refractivity contribution in [3.8, 4) is 0 Å². The fourth-order valence-electron chi connectivity index (χ4n) is 3.66. The molecule has 0 bridgehead atoms. The third-order valence-electron chi connectivity index (χ3n) is 4.62. The van der Waals surface area contributed by atoms with Gasteiger partial charge in [-0.3, -0.25) is 4.90 Å². The van der Waals surface area contributed by atoms with Crippen molar-refractivity contribution in [2.75, 3.05) is 19.6 Å². The van der Waals surface area contributed by atoms with Crippen molar-refractivity contribution in [2.45, 2.75) is 69.6 Å². The predicted octanol–water partition coefficient (Wildman–Crippen LogP) is 3.33. The molecule has 1 unspecified atom stereocenters. The Bertz CT molecular complexity index is 285. The highest BCUT2D eigenvalue weighted by atomic mass is 19.4. The maximum Gasteiger partial charge on any atom is 0.401 e. The number of nitrogens with zero attached hydrogens (tertiary/aromatic N) is 1. The van der Waals surface area contributed by atoms with Gasteiger partial charge in [-0.05, 0) is 19.3 Å². The Morgan fingerprint density at radius 3 is 2.47 bits per heavy atom. The van der Waals surface area contributed by atoms with Gasteiger partial charge < -0.3 is 5.32 Å². The molecule has 0 aromatic carbocycles. The van der Waals surface area contributed by atoms with Crippen molar-refractivity contribution in [1.29, 1.82) is 0 Å². The van der Waals surface area contributed by atoms with Gasteiger partial charge in [-0.15, -0.1) is 0 Å². The van der Waals surface area contributed by atoms with Gasteiger partial charge in [0.15, 0.2) is 0 Å². The van der Waals surface area contributed by atoms with Crippen LogP contribution in [0.2, 0.25) is 0 Å². The molecule has 0 aromatic heterocycles. The highest BCUT2D eigenvalue weighted by Crippen LogP contribution is 2.37. The second kappa shape index (κ2) is 6.00. The fraction of sp³-hybridized carbons (Fsp3) is 1.00. The summed E-state index contributed by atoms with van der Waals surface area (Å²) < 4.78 is 38.5. The van der Waals surface area contributed by atoms with Crippen LogP contribution in [-0.2, 0) is 0 Å². The molecule has 2 aliphatic rings. The first-order valence-electron chi connectivity index (χ1n) is 7.50. The van der Waals surface area contributed by atoms with E-state index in [1.54, 1.807) is 4.90 Å². The van der Waals surface area contributed by atoms with Gasteiger partial charge in [-0.25, -0.2) is 0 Å². The van der Waals surface area contributed by atoms with Crippen molar-refractivity contribution in [3.05, 3.63) is 0 Å². The number of hydrogen-bond acceptors (Lipinski definition) is 2. The molecular weight excluding hydrogens is 253 g/mol. The largest absolute Gasteiger partial charge is 0.401 e. The Morgan fingerprint density at radius 2 is 1.89 bits per heavy atom. The van der Waals surface area contributed by atoms with Gasteiger partial charge in [0, 0.05) is 24.7 Å². The van der Waals surface area contributed by atoms with E-state index in [4.69, 9.17) is 0 Å². The zero-order valence-corrected chi connectivity index (χ0v) is 11.7. The van der Waals surface area contributed by atoms with Crippen LogP contribution in [0.5, 0.6) is 0 Å². The Balaban J connectivity index is 2.08. The van der Waals surface area contributed by atoms with Crippen molar-refractivity contribution < 1.29 is 13.2 Å². The van der Waals surface area contributed by atoms with Crippen LogP contribution >= 0.6 is 0 Å². The second-order valence-corrected chi connectivity index (χ2v) is 6.15. The topological polar surface area (TPSA) is 15.3 Å². The SMILES string of the molecule is CCCC1CN(CC(F)(F)F)C2(CCCCC2)CN1. The minimum Gasteiger partial charge on any atom is -0.311 e. The second-order valence-electron chi connectivity index (χ2n) is 6.15. The van der Waals surface area contributed by atoms with Gasteiger partial charge in [0.2, 0.25) is 0 Å². The van der Waals surface area contributed by atoms with E-state index in [0.717, 1.165) is 45.1 Å². The van der Waals surface area contributed by atoms with Crippen LogP contribution in [-0.4, -0.2) is 42.3 Å². The van der Waals surface area contributed by atoms with Crippen molar-refractivity contribution in [3.63, 3.8) is 0 Å². The molecular formula is C14H25F3N2. The van der Waals surface area contributed by atoms with E-state index in [9.17, 15) is 13.2 Å². The molecule has 5 heteroatoms. The smallest absolute Gasteiger partial charge is 0.311 e. The summed E-state index contributed by atoms with van der Waals surface area (Å²) in [6, 6.07) is 0.222. The lowest BCUT2D eigenvalue weighted by molar-refractivity contribution is -0.168. The number of rotatable bonds is 3. The third-order valence-corrected chi connectivity index (χ3v) is 4.62. The average Bonchev–Trinajstić information content (AvgIpc) is 2.34. The van der Waals surface area contributed by atoms with Crippen LogP contribution in [0.1, 0.15) is 51.9 Å². The van der Waals surface area contributed by atoms with Gasteiger partial charge in [-0.1, -0.05) is 32.6 Å². The summed E-state index contributed by atoms with van der Waals surface area (Å²) in [5.41, 5.74) is -0.238. The summed E-state index contributed by atoms with van der Waals surface area (Å²) in [6.07, 6.45) is 3.01. The van der Waals surface area contributed by atoms with E-state index in [2.05, 4.69) is 12.2 Å². The molecule has 2 fully saturated rings. The quantitative estimate of drug-likeness (QED) is 0.852. The third kappa shape index (κ3) is 3.85. The molecule has 1 spiro atoms. The lowest BCUT2D eigenvalue weighted by Gasteiger charge is -2.52. The summed E-state index contributed by atoms with van der Waals surface area (Å²) in [7, 11) is 0. The number of nitrogens with one attached hydrogen (secondary N) is 1. The van der Waals surface area contributed by atoms with E-state index in [1.165, 1.54) is 6.42 Å². The van der Waals surface area contributed by atoms with Crippen LogP contribution in [0, 0.1) is 0 Å². The van der Waals surface area contributed by atoms with E-state index in [1.807, 2.05) is 0 Å². The van der Waals surface area contributed by atoms with Crippen LogP contribution < -0.4 is 5.32 Å². The fourth-order valence-corrected chi connectivity index (χ4v) is 3.66. The van der Waals surface area contributed by atoms with Crippen LogP contribution in [0.3, 0.4) is 0 Å². The van der Waals surface area contributed by atoms with Gasteiger partial charge in [0.25, 0.3) is 0 Å². The van der Waals surface area contributed by atoms with Gasteiger partial charge >= 0.3 is 6.18 Å². The number of piperazine rings is 1. The van der Waals surface area contributed by atoms with Gasteiger partial charge in [0.1, 0.15) is 0 Å². The summed E-state index contributed by atoms with van der Waals surface area (Å²) in [6.45, 7) is 2.62. The van der Waals surface area contributed by atoms with E-state index >= 15 is 0 Å². The normalized spacial score (nSPS) is 28.7. The minimum absolute atomic E-state index is 0.222. The molecule has 0 aromatic rings. The van der Waals surface area contributed by atoms with Crippen molar-refractivity contribution >= 4 is 0 Å². The summed E-state index contributed by atoms with van der Waals surface area (Å²) in [5.74, 6) is 0. The summed E-state index contributed by atoms with van der Waals surface area (Å²) in [5, 5.41) is 3.49. The molecule has 2 rings (SSSR count). The molecule has 1 aliphatic heterocycles. The minimum atomic E-state index is -4.08. The Kier molecular flexibility index (Phi) is 4.77. The van der Waals surface area contributed by atoms with Crippen LogP contribution in [0.4, 0.5) is 13.2 Å². The Labute approximate surface area is 113 Å². The standard InChI is InChI=1S/C14H25F3N2/c1-2-6-12-9-19(11-14(15,16)17)13(10-18-12)7-4-3-5-8-13/h12,18H,2-11H2,1H3. The van der Waals surface area contributed by atoms with E-state index in [0.29, 0.717) is 6.54 Å². The highest BCUT2D eigenvalue weighted by molar-refractivity contribution is 5.01. The maximum absolute atomic E-state index is 12.8. The maximum atomic E-state index is 12.8. The number of hydrogen-bond donors (Lipinski definition) is 1. The van der Waals surface area contributed by atoms with Crippen LogP contribution in [0.25, 0.3) is 0 Å². The van der Waals surface area contributed by atoms with Gasteiger partial charge in [0.05, 0.1) is 6.54 Å². The molecule has 112 valence electrons. The Morgan fingerprint density at radius 1 is 1.21 bits per heavy atom. The zero-order chi connectivity index (χ0) is 13.9. The molecule has 1 N–H and O–H groups in total. The first kappa shape index (κ1) is 15.1. The average molecular weight is 278 g/mol. The number of alkyl halides is 3. The monoisotopic (exact) mass is 278 g/mol. The lowest BCUT2D eigenvalue weighted by atomic mass is 9.78. The molecule has 1 saturated heterocycles. The van der Waals surface area contributed by atoms with E-state index in [-0.39, 0.29) is 11.6 Å². The number of halogens is 3. The molecule has 0 amide bonds. The predicted molar refractivity (Wildman–Crippen MR) is 70.1 cm³/mol. The molecule has 1 saturated carbocycles. The molecule has 2 nitrogen and oxygen atoms in total. The molecule has 1 atom stereocenters. The van der Waals surface area contributed by atoms with Gasteiger partial charge in [-0.2, -0.15) is 13.2 Å². The lowest BCUT2D eigenvalue weighted by Crippen LogP contribution is -2.66. The molecule has 1 heterocycles. The molecule has 0 radical (unpaired) electrons.